The first-order valence-corrected chi connectivity index (χ1v) is 12.3. The fourth-order valence-electron chi connectivity index (χ4n) is 4.93. The number of benzene rings is 5. The second-order valence-corrected chi connectivity index (χ2v) is 9.17. The van der Waals surface area contributed by atoms with Gasteiger partial charge in [0.1, 0.15) is 17.1 Å². The highest BCUT2D eigenvalue weighted by atomic mass is 16.5. The number of carbonyl (C=O) groups excluding carboxylic acids is 1. The number of nitrogens with two attached hydrogens (primary N) is 1. The van der Waals surface area contributed by atoms with Crippen molar-refractivity contribution >= 4 is 22.6 Å². The smallest absolute Gasteiger partial charge is 0.308 e. The first-order valence-electron chi connectivity index (χ1n) is 12.3. The Labute approximate surface area is 219 Å². The van der Waals surface area contributed by atoms with Gasteiger partial charge in [-0.25, -0.2) is 0 Å². The number of hydrogen-bond acceptors (Lipinski definition) is 5. The van der Waals surface area contributed by atoms with Crippen molar-refractivity contribution < 1.29 is 13.9 Å². The molecule has 5 nitrogen and oxygen atoms in total. The highest BCUT2D eigenvalue weighted by molar-refractivity contribution is 6.08. The summed E-state index contributed by atoms with van der Waals surface area (Å²) < 4.78 is 12.2. The average Bonchev–Trinajstić information content (AvgIpc) is 2.92. The number of rotatable bonds is 4. The molecular formula is C33H24N2O3. The van der Waals surface area contributed by atoms with Crippen LogP contribution >= 0.6 is 0 Å². The fraction of sp³-hybridized carbons (Fsp3) is 0.0303. The average molecular weight is 497 g/mol. The van der Waals surface area contributed by atoms with E-state index in [9.17, 15) is 4.79 Å². The first kappa shape index (κ1) is 23.3. The Balaban J connectivity index is 1.80. The van der Waals surface area contributed by atoms with Crippen molar-refractivity contribution in [2.45, 2.75) is 6.92 Å². The maximum Gasteiger partial charge on any atom is 0.308 e. The molecule has 4 aromatic rings. The van der Waals surface area contributed by atoms with Crippen LogP contribution in [0.15, 0.2) is 114 Å². The summed E-state index contributed by atoms with van der Waals surface area (Å²) in [6.45, 7) is 1.41. The number of hydrogen-bond donors (Lipinski definition) is 2. The number of nitrogens with one attached hydrogen (secondary N) is 1. The van der Waals surface area contributed by atoms with Gasteiger partial charge in [0.25, 0.3) is 0 Å². The van der Waals surface area contributed by atoms with Crippen molar-refractivity contribution in [3.8, 4) is 50.5 Å². The molecule has 0 amide bonds. The number of anilines is 1. The molecular weight excluding hydrogens is 472 g/mol. The van der Waals surface area contributed by atoms with Crippen molar-refractivity contribution in [3.05, 3.63) is 115 Å². The van der Waals surface area contributed by atoms with Crippen LogP contribution in [0.3, 0.4) is 0 Å². The zero-order valence-electron chi connectivity index (χ0n) is 20.7. The molecule has 0 bridgehead atoms. The normalized spacial score (nSPS) is 11.1. The SMILES string of the molecule is CC(=O)Oc1cc(-c2ccccc2)cc(-c2ccccc2)c1-c1c2ccc(=N)cc-2oc2cc(N)ccc12. The number of carbonyl (C=O) groups is 1. The van der Waals surface area contributed by atoms with E-state index in [-0.39, 0.29) is 0 Å². The third-order valence-corrected chi connectivity index (χ3v) is 6.54. The quantitative estimate of drug-likeness (QED) is 0.114. The molecule has 0 atom stereocenters. The van der Waals surface area contributed by atoms with E-state index < -0.39 is 5.97 Å². The standard InChI is InChI=1S/C33H24N2O3/c1-20(36)37-31-17-23(21-8-4-2-5-9-21)16-28(22-10-6-3-7-11-22)33(31)32-26-14-12-24(34)18-29(26)38-30-19-25(35)13-15-27(30)32/h2-19,34H,35H2,1H3. The minimum absolute atomic E-state index is 0.332. The minimum Gasteiger partial charge on any atom is -0.456 e. The maximum atomic E-state index is 12.4. The predicted molar refractivity (Wildman–Crippen MR) is 151 cm³/mol. The molecule has 184 valence electrons. The van der Waals surface area contributed by atoms with Crippen LogP contribution in [-0.2, 0) is 4.79 Å². The monoisotopic (exact) mass is 496 g/mol. The first-order chi connectivity index (χ1) is 18.5. The molecule has 0 fully saturated rings. The van der Waals surface area contributed by atoms with Gasteiger partial charge in [-0.15, -0.1) is 0 Å². The molecule has 0 radical (unpaired) electrons. The highest BCUT2D eigenvalue weighted by Crippen LogP contribution is 2.49. The van der Waals surface area contributed by atoms with Gasteiger partial charge < -0.3 is 20.3 Å². The largest absolute Gasteiger partial charge is 0.456 e. The number of nitrogen functional groups attached to an aromatic ring is 1. The van der Waals surface area contributed by atoms with Crippen molar-refractivity contribution in [2.24, 2.45) is 0 Å². The minimum atomic E-state index is -0.414. The molecule has 0 unspecified atom stereocenters. The van der Waals surface area contributed by atoms with Crippen LogP contribution in [0.5, 0.6) is 5.75 Å². The Kier molecular flexibility index (Phi) is 5.74. The lowest BCUT2D eigenvalue weighted by Gasteiger charge is -2.22. The molecule has 5 heteroatoms. The van der Waals surface area contributed by atoms with Crippen molar-refractivity contribution in [2.75, 3.05) is 5.73 Å². The van der Waals surface area contributed by atoms with Crippen molar-refractivity contribution in [1.82, 2.24) is 0 Å². The van der Waals surface area contributed by atoms with E-state index >= 15 is 0 Å². The van der Waals surface area contributed by atoms with E-state index in [1.54, 1.807) is 18.2 Å². The summed E-state index contributed by atoms with van der Waals surface area (Å²) >= 11 is 0. The van der Waals surface area contributed by atoms with E-state index in [0.717, 1.165) is 44.3 Å². The molecule has 0 spiro atoms. The van der Waals surface area contributed by atoms with Gasteiger partial charge in [0.2, 0.25) is 0 Å². The topological polar surface area (TPSA) is 89.3 Å². The van der Waals surface area contributed by atoms with Crippen LogP contribution in [0.1, 0.15) is 6.92 Å². The Morgan fingerprint density at radius 1 is 0.737 bits per heavy atom. The molecule has 1 aliphatic carbocycles. The van der Waals surface area contributed by atoms with Gasteiger partial charge in [0, 0.05) is 46.8 Å². The summed E-state index contributed by atoms with van der Waals surface area (Å²) in [5.74, 6) is 0.575. The van der Waals surface area contributed by atoms with Gasteiger partial charge in [-0.1, -0.05) is 60.7 Å². The molecule has 0 saturated carbocycles. The third kappa shape index (κ3) is 4.20. The van der Waals surface area contributed by atoms with Crippen LogP contribution < -0.4 is 15.8 Å². The fourth-order valence-corrected chi connectivity index (χ4v) is 4.93. The Hall–Kier alpha value is -5.16. The summed E-state index contributed by atoms with van der Waals surface area (Å²) in [5, 5.41) is 9.34. The summed E-state index contributed by atoms with van der Waals surface area (Å²) in [6, 6.07) is 34.9. The molecule has 4 aromatic carbocycles. The summed E-state index contributed by atoms with van der Waals surface area (Å²) in [6.07, 6.45) is 0. The van der Waals surface area contributed by atoms with Crippen LogP contribution in [0.25, 0.3) is 55.7 Å². The van der Waals surface area contributed by atoms with E-state index in [1.807, 2.05) is 84.9 Å². The molecule has 38 heavy (non-hydrogen) atoms. The van der Waals surface area contributed by atoms with Crippen LogP contribution in [0, 0.1) is 5.41 Å². The highest BCUT2D eigenvalue weighted by Gasteiger charge is 2.25. The second-order valence-electron chi connectivity index (χ2n) is 9.17. The Morgan fingerprint density at radius 3 is 2.16 bits per heavy atom. The van der Waals surface area contributed by atoms with Gasteiger partial charge in [-0.05, 0) is 58.7 Å². The molecule has 0 aromatic heterocycles. The lowest BCUT2D eigenvalue weighted by molar-refractivity contribution is -0.131. The lowest BCUT2D eigenvalue weighted by Crippen LogP contribution is -2.06. The molecule has 1 heterocycles. The molecule has 6 rings (SSSR count). The van der Waals surface area contributed by atoms with E-state index in [0.29, 0.717) is 28.1 Å². The van der Waals surface area contributed by atoms with E-state index in [1.165, 1.54) is 6.92 Å². The second kappa shape index (κ2) is 9.37. The Morgan fingerprint density at radius 2 is 1.45 bits per heavy atom. The maximum absolute atomic E-state index is 12.4. The predicted octanol–water partition coefficient (Wildman–Crippen LogP) is 7.53. The van der Waals surface area contributed by atoms with Gasteiger partial charge in [0.05, 0.1) is 5.36 Å². The van der Waals surface area contributed by atoms with E-state index in [2.05, 4.69) is 6.07 Å². The number of esters is 1. The number of ether oxygens (including phenoxy) is 1. The van der Waals surface area contributed by atoms with Crippen LogP contribution in [0.4, 0.5) is 5.69 Å². The third-order valence-electron chi connectivity index (χ3n) is 6.54. The van der Waals surface area contributed by atoms with Crippen LogP contribution in [0.2, 0.25) is 0 Å². The van der Waals surface area contributed by atoms with E-state index in [4.69, 9.17) is 20.3 Å². The van der Waals surface area contributed by atoms with Crippen LogP contribution in [-0.4, -0.2) is 5.97 Å². The number of fused-ring (bicyclic) bond motifs is 2. The van der Waals surface area contributed by atoms with Gasteiger partial charge in [0.15, 0.2) is 0 Å². The van der Waals surface area contributed by atoms with Gasteiger partial charge in [-0.3, -0.25) is 4.79 Å². The zero-order valence-corrected chi connectivity index (χ0v) is 20.7. The van der Waals surface area contributed by atoms with Crippen molar-refractivity contribution in [1.29, 1.82) is 5.41 Å². The lowest BCUT2D eigenvalue weighted by atomic mass is 9.86. The molecule has 2 aliphatic rings. The van der Waals surface area contributed by atoms with Crippen molar-refractivity contribution in [3.63, 3.8) is 0 Å². The molecule has 0 saturated heterocycles. The molecule has 3 N–H and O–H groups in total. The van der Waals surface area contributed by atoms with Gasteiger partial charge >= 0.3 is 5.97 Å². The summed E-state index contributed by atoms with van der Waals surface area (Å²) in [7, 11) is 0. The summed E-state index contributed by atoms with van der Waals surface area (Å²) in [5.41, 5.74) is 13.5. The Bertz CT molecular complexity index is 1840. The van der Waals surface area contributed by atoms with Gasteiger partial charge in [-0.2, -0.15) is 0 Å². The summed E-state index contributed by atoms with van der Waals surface area (Å²) in [4.78, 5) is 12.4. The molecule has 1 aliphatic heterocycles. The zero-order chi connectivity index (χ0) is 26.2.